The Bertz CT molecular complexity index is 1120. The number of nitrogens with zero attached hydrogens (tertiary/aromatic N) is 3. The van der Waals surface area contributed by atoms with Crippen molar-refractivity contribution in [2.75, 3.05) is 26.2 Å². The highest BCUT2D eigenvalue weighted by atomic mass is 16.2. The fourth-order valence-corrected chi connectivity index (χ4v) is 5.19. The molecule has 1 aliphatic carbocycles. The molecule has 3 aromatic rings. The van der Waals surface area contributed by atoms with Crippen LogP contribution in [0.4, 0.5) is 0 Å². The summed E-state index contributed by atoms with van der Waals surface area (Å²) in [5, 5.41) is 1.54. The number of para-hydroxylation sites is 1. The van der Waals surface area contributed by atoms with E-state index in [2.05, 4.69) is 9.88 Å². The molecule has 152 valence electrons. The molecule has 0 unspecified atom stereocenters. The molecule has 2 fully saturated rings. The van der Waals surface area contributed by atoms with Crippen molar-refractivity contribution in [2.24, 2.45) is 7.05 Å². The van der Waals surface area contributed by atoms with E-state index in [1.807, 2.05) is 40.8 Å². The molecule has 1 amide bonds. The van der Waals surface area contributed by atoms with Crippen LogP contribution in [-0.4, -0.2) is 57.5 Å². The number of fused-ring (bicyclic) bond motifs is 3. The summed E-state index contributed by atoms with van der Waals surface area (Å²) in [4.78, 5) is 33.3. The third-order valence-electron chi connectivity index (χ3n) is 6.82. The van der Waals surface area contributed by atoms with E-state index >= 15 is 0 Å². The molecule has 1 saturated carbocycles. The molecule has 0 radical (unpaired) electrons. The SMILES string of the molecule is Cn1c(C(=O)N2CCN(C3CCCCC3)CC2)cc2c(=O)[nH]c3ccccc3c21. The maximum absolute atomic E-state index is 13.3. The number of hydrogen-bond donors (Lipinski definition) is 1. The molecule has 3 heterocycles. The number of H-pyrrole nitrogens is 1. The normalized spacial score (nSPS) is 19.3. The van der Waals surface area contributed by atoms with Crippen molar-refractivity contribution in [1.29, 1.82) is 0 Å². The molecule has 0 bridgehead atoms. The molecule has 1 N–H and O–H groups in total. The molecule has 2 aromatic heterocycles. The molecule has 6 nitrogen and oxygen atoms in total. The second-order valence-corrected chi connectivity index (χ2v) is 8.47. The first-order valence-corrected chi connectivity index (χ1v) is 10.8. The number of nitrogens with one attached hydrogen (secondary N) is 1. The van der Waals surface area contributed by atoms with Crippen molar-refractivity contribution in [3.63, 3.8) is 0 Å². The van der Waals surface area contributed by atoms with E-state index in [4.69, 9.17) is 0 Å². The van der Waals surface area contributed by atoms with Crippen LogP contribution in [0, 0.1) is 0 Å². The lowest BCUT2D eigenvalue weighted by molar-refractivity contribution is 0.0516. The first-order valence-electron chi connectivity index (χ1n) is 10.8. The Labute approximate surface area is 170 Å². The van der Waals surface area contributed by atoms with Crippen LogP contribution in [0.1, 0.15) is 42.6 Å². The van der Waals surface area contributed by atoms with Crippen LogP contribution in [-0.2, 0) is 7.05 Å². The van der Waals surface area contributed by atoms with Gasteiger partial charge in [0.15, 0.2) is 0 Å². The van der Waals surface area contributed by atoms with Crippen molar-refractivity contribution in [2.45, 2.75) is 38.1 Å². The molecule has 29 heavy (non-hydrogen) atoms. The quantitative estimate of drug-likeness (QED) is 0.729. The molecule has 1 saturated heterocycles. The van der Waals surface area contributed by atoms with Gasteiger partial charge in [-0.3, -0.25) is 14.5 Å². The number of hydrogen-bond acceptors (Lipinski definition) is 3. The number of rotatable bonds is 2. The number of piperazine rings is 1. The lowest BCUT2D eigenvalue weighted by Crippen LogP contribution is -2.52. The summed E-state index contributed by atoms with van der Waals surface area (Å²) in [6.45, 7) is 3.41. The highest BCUT2D eigenvalue weighted by Crippen LogP contribution is 2.26. The van der Waals surface area contributed by atoms with Crippen LogP contribution in [0.3, 0.4) is 0 Å². The Balaban J connectivity index is 1.42. The highest BCUT2D eigenvalue weighted by Gasteiger charge is 2.29. The van der Waals surface area contributed by atoms with Gasteiger partial charge in [0, 0.05) is 44.7 Å². The number of pyridine rings is 1. The number of amides is 1. The standard InChI is InChI=1S/C23H28N4O2/c1-25-20(15-18-21(25)17-9-5-6-10-19(17)24-22(18)28)23(29)27-13-11-26(12-14-27)16-7-3-2-4-8-16/h5-6,9-10,15-16H,2-4,7-8,11-14H2,1H3,(H,24,28). The minimum absolute atomic E-state index is 0.0236. The van der Waals surface area contributed by atoms with Crippen molar-refractivity contribution in [3.8, 4) is 0 Å². The molecule has 1 aliphatic heterocycles. The van der Waals surface area contributed by atoms with Gasteiger partial charge >= 0.3 is 0 Å². The molecule has 1 aromatic carbocycles. The van der Waals surface area contributed by atoms with Gasteiger partial charge in [-0.25, -0.2) is 0 Å². The number of aryl methyl sites for hydroxylation is 1. The van der Waals surface area contributed by atoms with Gasteiger partial charge in [-0.1, -0.05) is 37.5 Å². The van der Waals surface area contributed by atoms with Gasteiger partial charge in [0.05, 0.1) is 16.4 Å². The largest absolute Gasteiger partial charge is 0.339 e. The minimum atomic E-state index is -0.143. The van der Waals surface area contributed by atoms with Gasteiger partial charge in [-0.05, 0) is 25.0 Å². The number of benzene rings is 1. The van der Waals surface area contributed by atoms with Gasteiger partial charge in [0.25, 0.3) is 11.5 Å². The van der Waals surface area contributed by atoms with E-state index in [1.54, 1.807) is 6.07 Å². The first kappa shape index (κ1) is 18.4. The first-order chi connectivity index (χ1) is 14.1. The number of carbonyl (C=O) groups excluding carboxylic acids is 1. The summed E-state index contributed by atoms with van der Waals surface area (Å²) < 4.78 is 1.89. The van der Waals surface area contributed by atoms with Crippen molar-refractivity contribution in [3.05, 3.63) is 46.4 Å². The van der Waals surface area contributed by atoms with Crippen LogP contribution in [0.15, 0.2) is 35.1 Å². The van der Waals surface area contributed by atoms with Crippen molar-refractivity contribution < 1.29 is 4.79 Å². The summed E-state index contributed by atoms with van der Waals surface area (Å²) in [7, 11) is 1.89. The van der Waals surface area contributed by atoms with E-state index in [0.29, 0.717) is 17.1 Å². The number of carbonyl (C=O) groups is 1. The topological polar surface area (TPSA) is 61.3 Å². The Kier molecular flexibility index (Phi) is 4.66. The second-order valence-electron chi connectivity index (χ2n) is 8.47. The highest BCUT2D eigenvalue weighted by molar-refractivity contribution is 6.07. The van der Waals surface area contributed by atoms with Crippen LogP contribution in [0.2, 0.25) is 0 Å². The van der Waals surface area contributed by atoms with Gasteiger partial charge < -0.3 is 14.5 Å². The maximum Gasteiger partial charge on any atom is 0.270 e. The van der Waals surface area contributed by atoms with E-state index < -0.39 is 0 Å². The van der Waals surface area contributed by atoms with Gasteiger partial charge in [0.1, 0.15) is 5.69 Å². The Hall–Kier alpha value is -2.60. The summed E-state index contributed by atoms with van der Waals surface area (Å²) in [5.41, 5.74) is 2.07. The van der Waals surface area contributed by atoms with Gasteiger partial charge in [0.2, 0.25) is 0 Å². The smallest absolute Gasteiger partial charge is 0.270 e. The van der Waals surface area contributed by atoms with Crippen LogP contribution < -0.4 is 5.56 Å². The average molecular weight is 393 g/mol. The molecule has 2 aliphatic rings. The summed E-state index contributed by atoms with van der Waals surface area (Å²) >= 11 is 0. The van der Waals surface area contributed by atoms with Crippen molar-refractivity contribution >= 4 is 27.7 Å². The van der Waals surface area contributed by atoms with E-state index in [9.17, 15) is 9.59 Å². The fourth-order valence-electron chi connectivity index (χ4n) is 5.19. The fraction of sp³-hybridized carbons (Fsp3) is 0.478. The second kappa shape index (κ2) is 7.34. The molecule has 0 spiro atoms. The molecular formula is C23H28N4O2. The molecule has 6 heteroatoms. The Morgan fingerprint density at radius 2 is 1.72 bits per heavy atom. The lowest BCUT2D eigenvalue weighted by atomic mass is 9.94. The Morgan fingerprint density at radius 1 is 1.00 bits per heavy atom. The number of aromatic nitrogens is 2. The summed E-state index contributed by atoms with van der Waals surface area (Å²) in [6, 6.07) is 10.2. The lowest BCUT2D eigenvalue weighted by Gasteiger charge is -2.40. The monoisotopic (exact) mass is 392 g/mol. The maximum atomic E-state index is 13.3. The minimum Gasteiger partial charge on any atom is -0.339 e. The third-order valence-corrected chi connectivity index (χ3v) is 6.82. The summed E-state index contributed by atoms with van der Waals surface area (Å²) in [5.74, 6) is 0.0236. The predicted molar refractivity (Wildman–Crippen MR) is 115 cm³/mol. The Morgan fingerprint density at radius 3 is 2.48 bits per heavy atom. The van der Waals surface area contributed by atoms with E-state index in [0.717, 1.165) is 42.6 Å². The predicted octanol–water partition coefficient (Wildman–Crippen LogP) is 3.11. The van der Waals surface area contributed by atoms with Crippen LogP contribution in [0.5, 0.6) is 0 Å². The van der Waals surface area contributed by atoms with Crippen LogP contribution in [0.25, 0.3) is 21.8 Å². The zero-order valence-electron chi connectivity index (χ0n) is 17.0. The van der Waals surface area contributed by atoms with Gasteiger partial charge in [-0.2, -0.15) is 0 Å². The zero-order chi connectivity index (χ0) is 20.0. The van der Waals surface area contributed by atoms with E-state index in [-0.39, 0.29) is 11.5 Å². The third kappa shape index (κ3) is 3.15. The molecular weight excluding hydrogens is 364 g/mol. The van der Waals surface area contributed by atoms with Gasteiger partial charge in [-0.15, -0.1) is 0 Å². The number of aromatic amines is 1. The van der Waals surface area contributed by atoms with Crippen LogP contribution >= 0.6 is 0 Å². The zero-order valence-corrected chi connectivity index (χ0v) is 17.0. The summed E-state index contributed by atoms with van der Waals surface area (Å²) in [6.07, 6.45) is 6.63. The van der Waals surface area contributed by atoms with E-state index in [1.165, 1.54) is 32.1 Å². The van der Waals surface area contributed by atoms with Crippen molar-refractivity contribution in [1.82, 2.24) is 19.4 Å². The molecule has 5 rings (SSSR count). The average Bonchev–Trinajstić information content (AvgIpc) is 3.12. The molecule has 0 atom stereocenters.